The van der Waals surface area contributed by atoms with Crippen molar-refractivity contribution in [2.75, 3.05) is 52.9 Å². The first kappa shape index (κ1) is 119. The molecule has 0 aromatic carbocycles. The molecular formula is C62H180O24Si26. The minimum atomic E-state index is -3.09. The predicted molar refractivity (Wildman–Crippen MR) is 538 cm³/mol. The largest absolute Gasteiger partial charge is 0.636 e. The van der Waals surface area contributed by atoms with Crippen molar-refractivity contribution in [3.63, 3.8) is 0 Å². The first-order valence-electron chi connectivity index (χ1n) is 43.3. The first-order valence-corrected chi connectivity index (χ1v) is 111. The van der Waals surface area contributed by atoms with Crippen LogP contribution in [0.1, 0.15) is 38.5 Å². The summed E-state index contributed by atoms with van der Waals surface area (Å²) < 4.78 is 159. The smallest absolute Gasteiger partial charge is 0.420 e. The van der Waals surface area contributed by atoms with Gasteiger partial charge in [-0.05, 0) is 325 Å². The lowest BCUT2D eigenvalue weighted by molar-refractivity contribution is 0.0822. The van der Waals surface area contributed by atoms with E-state index in [2.05, 4.69) is 262 Å². The fraction of sp³-hybridized carbons (Fsp3) is 1.00. The molecule has 0 rings (SSSR count). The van der Waals surface area contributed by atoms with Crippen LogP contribution >= 0.6 is 0 Å². The Hall–Kier alpha value is 4.68. The van der Waals surface area contributed by atoms with Crippen molar-refractivity contribution < 1.29 is 101 Å². The predicted octanol–water partition coefficient (Wildman–Crippen LogP) is 13.9. The fourth-order valence-corrected chi connectivity index (χ4v) is 99.5. The number of rotatable bonds is 70. The van der Waals surface area contributed by atoms with Crippen LogP contribution in [0.3, 0.4) is 0 Å². The summed E-state index contributed by atoms with van der Waals surface area (Å²) in [7, 11) is -49.5. The fourth-order valence-electron chi connectivity index (χ4n) is 12.3. The third-order valence-electron chi connectivity index (χ3n) is 15.0. The molecule has 112 heavy (non-hydrogen) atoms. The topological polar surface area (TPSA) is 222 Å². The van der Waals surface area contributed by atoms with Gasteiger partial charge in [0.15, 0.2) is 178 Å². The van der Waals surface area contributed by atoms with Gasteiger partial charge in [0.25, 0.3) is 0 Å². The summed E-state index contributed by atoms with van der Waals surface area (Å²) in [4.78, 5) is 0. The van der Waals surface area contributed by atoms with Crippen molar-refractivity contribution in [1.29, 1.82) is 0 Å². The van der Waals surface area contributed by atoms with Crippen molar-refractivity contribution in [2.45, 2.75) is 349 Å². The Morgan fingerprint density at radius 1 is 0.152 bits per heavy atom. The van der Waals surface area contributed by atoms with Crippen LogP contribution in [0.2, 0.25) is 310 Å². The van der Waals surface area contributed by atoms with Gasteiger partial charge in [0.05, 0.1) is 0 Å². The van der Waals surface area contributed by atoms with E-state index in [1.807, 2.05) is 0 Å². The highest BCUT2D eigenvalue weighted by Crippen LogP contribution is 2.36. The first-order chi connectivity index (χ1) is 51.3. The molecule has 0 aliphatic heterocycles. The lowest BCUT2D eigenvalue weighted by atomic mass is 10.4. The maximum atomic E-state index is 7.28. The van der Waals surface area contributed by atoms with Crippen LogP contribution in [0.25, 0.3) is 0 Å². The molecule has 0 spiro atoms. The van der Waals surface area contributed by atoms with Gasteiger partial charge in [0.1, 0.15) is 0 Å². The Bertz CT molecular complexity index is 2060. The van der Waals surface area contributed by atoms with Crippen molar-refractivity contribution in [1.82, 2.24) is 0 Å². The Labute approximate surface area is 727 Å². The molecule has 0 bridgehead atoms. The molecule has 676 valence electrons. The zero-order valence-corrected chi connectivity index (χ0v) is 108. The van der Waals surface area contributed by atoms with Gasteiger partial charge in [-0.15, -0.1) is 0 Å². The molecule has 50 heteroatoms. The van der Waals surface area contributed by atoms with E-state index in [0.29, 0.717) is 63.8 Å². The molecule has 0 saturated heterocycles. The van der Waals surface area contributed by atoms with Crippen molar-refractivity contribution in [3.05, 3.63) is 0 Å². The van der Waals surface area contributed by atoms with Crippen LogP contribution in [0.5, 0.6) is 0 Å². The van der Waals surface area contributed by atoms with Gasteiger partial charge in [-0.1, -0.05) is 0 Å². The second-order valence-corrected chi connectivity index (χ2v) is 114. The van der Waals surface area contributed by atoms with Crippen LogP contribution in [-0.2, 0) is 101 Å². The van der Waals surface area contributed by atoms with Crippen molar-refractivity contribution in [2.24, 2.45) is 0 Å². The van der Waals surface area contributed by atoms with E-state index in [9.17, 15) is 0 Å². The summed E-state index contributed by atoms with van der Waals surface area (Å²) in [5.41, 5.74) is 0. The number of hydrogen-bond donors (Lipinski definition) is 0. The monoisotopic (exact) mass is 2040 g/mol. The van der Waals surface area contributed by atoms with Crippen LogP contribution in [0.15, 0.2) is 0 Å². The summed E-state index contributed by atoms with van der Waals surface area (Å²) in [6, 6.07) is 6.74. The normalized spacial score (nSPS) is 14.1. The molecule has 0 aliphatic rings. The maximum Gasteiger partial charge on any atom is 0.636 e. The molecule has 24 nitrogen and oxygen atoms in total. The van der Waals surface area contributed by atoms with Gasteiger partial charge in [-0.25, -0.2) is 0 Å². The van der Waals surface area contributed by atoms with Gasteiger partial charge >= 0.3 is 53.3 Å². The summed E-state index contributed by atoms with van der Waals surface area (Å²) in [6.07, 6.45) is 5.56. The van der Waals surface area contributed by atoms with Gasteiger partial charge in [0, 0.05) is 77.0 Å². The second-order valence-electron chi connectivity index (χ2n) is 36.4. The highest BCUT2D eigenvalue weighted by molar-refractivity contribution is 6.90. The molecule has 0 unspecified atom stereocenters. The lowest BCUT2D eigenvalue weighted by Crippen LogP contribution is -2.60. The van der Waals surface area contributed by atoms with Crippen molar-refractivity contribution >= 4 is 231 Å². The van der Waals surface area contributed by atoms with Crippen LogP contribution in [0.4, 0.5) is 0 Å². The van der Waals surface area contributed by atoms with Gasteiger partial charge in [0.2, 0.25) is 0 Å². The van der Waals surface area contributed by atoms with E-state index in [1.54, 1.807) is 0 Å². The zero-order chi connectivity index (χ0) is 86.8. The van der Waals surface area contributed by atoms with Gasteiger partial charge in [-0.2, -0.15) is 0 Å². The molecule has 0 aromatic heterocycles. The van der Waals surface area contributed by atoms with E-state index in [0.717, 1.165) is 75.9 Å². The highest BCUT2D eigenvalue weighted by atomic mass is 28.5. The second kappa shape index (κ2) is 60.4. The average molecular weight is 2040 g/mol. The highest BCUT2D eigenvalue weighted by Gasteiger charge is 2.56. The molecular weight excluding hydrogens is 1860 g/mol. The molecule has 0 saturated carbocycles. The molecule has 0 N–H and O–H groups in total. The van der Waals surface area contributed by atoms with Gasteiger partial charge in [-0.3, -0.25) is 0 Å². The van der Waals surface area contributed by atoms with E-state index in [4.69, 9.17) is 101 Å². The minimum Gasteiger partial charge on any atom is -0.420 e. The van der Waals surface area contributed by atoms with Gasteiger partial charge < -0.3 is 101 Å². The quantitative estimate of drug-likeness (QED) is 0.0408. The van der Waals surface area contributed by atoms with E-state index in [-0.39, 0.29) is 0 Å². The molecule has 0 amide bonds. The Morgan fingerprint density at radius 3 is 0.446 bits per heavy atom. The number of ether oxygens (including phenoxy) is 4. The Morgan fingerprint density at radius 2 is 0.286 bits per heavy atom. The third-order valence-corrected chi connectivity index (χ3v) is 90.5. The van der Waals surface area contributed by atoms with E-state index < -0.39 is 231 Å². The standard InChI is InChI=1S/C37H108O14Si16.C25H72O10Si10/c1-52(2)40-64(41-53(3)4,42-54(5)6)34-36-66(46-58(13)14,47-59(15)16)50-62(21,22)32-26-30-38-28-25-29-39-31-27-33-63(23,24)51-67(48-60(17)18,49-61(19)20)37-35-65(43-55(7)8,44-56(9)10)45-57(11)12;1-36(2)28-44(29-37(3)4,30-38(5)6)34-42(13,14)24-18-22-26-20-17-21-27-23-19-25-43(15,16)35-45(31-39(7)8,32-40(9)10)33-41(11)12/h52-61H,25-37H2,1-24H3;36-41H,17-25H2,1-16H3. The Balaban J connectivity index is 0. The Kier molecular flexibility index (Phi) is 64.0. The molecule has 0 aliphatic carbocycles. The summed E-state index contributed by atoms with van der Waals surface area (Å²) >= 11 is 0. The maximum absolute atomic E-state index is 7.28. The number of hydrogen-bond acceptors (Lipinski definition) is 24. The molecule has 0 fully saturated rings. The van der Waals surface area contributed by atoms with Crippen LogP contribution in [0, 0.1) is 0 Å². The molecule has 0 aromatic rings. The van der Waals surface area contributed by atoms with E-state index in [1.165, 1.54) is 0 Å². The third kappa shape index (κ3) is 61.9. The summed E-state index contributed by atoms with van der Waals surface area (Å²) in [6.45, 7) is 94.3. The lowest BCUT2D eigenvalue weighted by Gasteiger charge is -2.42. The van der Waals surface area contributed by atoms with Crippen LogP contribution in [-0.4, -0.2) is 284 Å². The minimum absolute atomic E-state index is 0.681. The van der Waals surface area contributed by atoms with E-state index >= 15 is 0 Å². The average Bonchev–Trinajstić information content (AvgIpc) is 0.870. The molecule has 0 atom stereocenters. The summed E-state index contributed by atoms with van der Waals surface area (Å²) in [5.74, 6) is 0. The zero-order valence-electron chi connectivity index (χ0n) is 79.6. The SMILES string of the molecule is C[SiH](C)O[Si](CC[Si](O[SiH](C)C)(O[SiH](C)C)O[Si](C)(C)CCCOCCCOCCC[Si](C)(C)O[Si](CC[Si](O[SiH](C)C)(O[SiH](C)C)O[SiH](C)C)(O[SiH](C)C)O[SiH](C)C)(O[SiH](C)C)O[SiH](C)C.C[SiH](C)O[Si](O[SiH](C)C)(O[SiH](C)C)O[Si](C)(C)CCCOCCCOCCC[Si](C)(C)O[Si](O[SiH](C)C)(O[SiH](C)C)O[SiH](C)C. The van der Waals surface area contributed by atoms with Crippen molar-refractivity contribution in [3.8, 4) is 0 Å². The summed E-state index contributed by atoms with van der Waals surface area (Å²) in [5, 5.41) is 0. The molecule has 0 heterocycles. The molecule has 0 radical (unpaired) electrons. The van der Waals surface area contributed by atoms with Crippen LogP contribution < -0.4 is 0 Å².